The molecule has 1 saturated heterocycles. The lowest BCUT2D eigenvalue weighted by Crippen LogP contribution is -2.39. The monoisotopic (exact) mass is 299 g/mol. The van der Waals surface area contributed by atoms with Crippen LogP contribution in [0.15, 0.2) is 30.9 Å². The van der Waals surface area contributed by atoms with Crippen LogP contribution < -0.4 is 0 Å². The van der Waals surface area contributed by atoms with Gasteiger partial charge in [0.25, 0.3) is 0 Å². The van der Waals surface area contributed by atoms with Gasteiger partial charge in [-0.25, -0.2) is 9.97 Å². The highest BCUT2D eigenvalue weighted by atomic mass is 16.2. The van der Waals surface area contributed by atoms with Crippen LogP contribution in [0.4, 0.5) is 0 Å². The number of nitrogens with zero attached hydrogens (tertiary/aromatic N) is 5. The Morgan fingerprint density at radius 1 is 1.36 bits per heavy atom. The standard InChI is InChI=1S/C16H21N5O/c1-20-14(6-9-19-20)4-5-16(22)21-10-2-3-13(11-21)15-7-8-17-12-18-15/h6-9,12-13H,2-5,10-11H2,1H3. The van der Waals surface area contributed by atoms with Crippen LogP contribution in [0, 0.1) is 0 Å². The maximum Gasteiger partial charge on any atom is 0.222 e. The molecule has 2 aromatic heterocycles. The van der Waals surface area contributed by atoms with E-state index in [9.17, 15) is 4.79 Å². The maximum atomic E-state index is 12.4. The Kier molecular flexibility index (Phi) is 4.46. The van der Waals surface area contributed by atoms with Gasteiger partial charge in [0.2, 0.25) is 5.91 Å². The Hall–Kier alpha value is -2.24. The fraction of sp³-hybridized carbons (Fsp3) is 0.500. The molecule has 0 N–H and O–H groups in total. The van der Waals surface area contributed by atoms with E-state index in [1.165, 1.54) is 0 Å². The average Bonchev–Trinajstić information content (AvgIpc) is 2.99. The van der Waals surface area contributed by atoms with E-state index in [1.807, 2.05) is 28.8 Å². The number of carbonyl (C=O) groups is 1. The van der Waals surface area contributed by atoms with Gasteiger partial charge in [-0.3, -0.25) is 9.48 Å². The van der Waals surface area contributed by atoms with E-state index < -0.39 is 0 Å². The van der Waals surface area contributed by atoms with Crippen molar-refractivity contribution in [2.24, 2.45) is 7.05 Å². The van der Waals surface area contributed by atoms with Crippen LogP contribution in [0.1, 0.15) is 36.6 Å². The van der Waals surface area contributed by atoms with Crippen LogP contribution in [-0.2, 0) is 18.3 Å². The predicted octanol–water partition coefficient (Wildman–Crippen LogP) is 1.55. The lowest BCUT2D eigenvalue weighted by molar-refractivity contribution is -0.132. The molecule has 6 heteroatoms. The molecule has 1 fully saturated rings. The van der Waals surface area contributed by atoms with E-state index in [4.69, 9.17) is 0 Å². The molecule has 3 heterocycles. The summed E-state index contributed by atoms with van der Waals surface area (Å²) in [5, 5.41) is 4.14. The van der Waals surface area contributed by atoms with E-state index in [-0.39, 0.29) is 5.91 Å². The fourth-order valence-electron chi connectivity index (χ4n) is 3.03. The summed E-state index contributed by atoms with van der Waals surface area (Å²) in [4.78, 5) is 22.7. The van der Waals surface area contributed by atoms with Gasteiger partial charge < -0.3 is 4.90 Å². The highest BCUT2D eigenvalue weighted by molar-refractivity contribution is 5.76. The molecular formula is C16H21N5O. The van der Waals surface area contributed by atoms with Gasteiger partial charge in [0, 0.05) is 56.3 Å². The zero-order valence-corrected chi connectivity index (χ0v) is 12.9. The van der Waals surface area contributed by atoms with Gasteiger partial charge in [-0.2, -0.15) is 5.10 Å². The molecule has 0 aromatic carbocycles. The van der Waals surface area contributed by atoms with Crippen LogP contribution >= 0.6 is 0 Å². The van der Waals surface area contributed by atoms with Crippen molar-refractivity contribution in [1.82, 2.24) is 24.6 Å². The number of hydrogen-bond donors (Lipinski definition) is 0. The van der Waals surface area contributed by atoms with E-state index in [2.05, 4.69) is 15.1 Å². The quantitative estimate of drug-likeness (QED) is 0.859. The smallest absolute Gasteiger partial charge is 0.222 e. The number of carbonyl (C=O) groups excluding carboxylic acids is 1. The molecule has 0 saturated carbocycles. The number of likely N-dealkylation sites (tertiary alicyclic amines) is 1. The Morgan fingerprint density at radius 3 is 3.00 bits per heavy atom. The summed E-state index contributed by atoms with van der Waals surface area (Å²) in [6.07, 6.45) is 8.52. The summed E-state index contributed by atoms with van der Waals surface area (Å²) in [5.41, 5.74) is 2.14. The Bertz CT molecular complexity index is 624. The Balaban J connectivity index is 1.57. The van der Waals surface area contributed by atoms with Gasteiger partial charge in [0.15, 0.2) is 0 Å². The first-order valence-corrected chi connectivity index (χ1v) is 7.74. The number of amides is 1. The van der Waals surface area contributed by atoms with E-state index in [0.717, 1.165) is 43.7 Å². The maximum absolute atomic E-state index is 12.4. The van der Waals surface area contributed by atoms with Crippen LogP contribution in [0.3, 0.4) is 0 Å². The first-order valence-electron chi connectivity index (χ1n) is 7.74. The van der Waals surface area contributed by atoms with Crippen LogP contribution in [0.25, 0.3) is 0 Å². The average molecular weight is 299 g/mol. The summed E-state index contributed by atoms with van der Waals surface area (Å²) >= 11 is 0. The van der Waals surface area contributed by atoms with E-state index in [0.29, 0.717) is 12.3 Å². The second-order valence-corrected chi connectivity index (χ2v) is 5.76. The first kappa shape index (κ1) is 14.7. The van der Waals surface area contributed by atoms with Crippen LogP contribution in [-0.4, -0.2) is 43.6 Å². The summed E-state index contributed by atoms with van der Waals surface area (Å²) < 4.78 is 1.83. The highest BCUT2D eigenvalue weighted by Crippen LogP contribution is 2.25. The molecule has 3 rings (SSSR count). The molecule has 22 heavy (non-hydrogen) atoms. The number of rotatable bonds is 4. The topological polar surface area (TPSA) is 63.9 Å². The van der Waals surface area contributed by atoms with Crippen molar-refractivity contribution in [1.29, 1.82) is 0 Å². The van der Waals surface area contributed by atoms with Gasteiger partial charge in [0.1, 0.15) is 6.33 Å². The zero-order valence-electron chi connectivity index (χ0n) is 12.9. The van der Waals surface area contributed by atoms with Gasteiger partial charge in [0.05, 0.1) is 0 Å². The molecule has 2 aromatic rings. The molecular weight excluding hydrogens is 278 g/mol. The number of hydrogen-bond acceptors (Lipinski definition) is 4. The SMILES string of the molecule is Cn1nccc1CCC(=O)N1CCCC(c2ccncn2)C1. The minimum absolute atomic E-state index is 0.222. The van der Waals surface area contributed by atoms with E-state index >= 15 is 0 Å². The largest absolute Gasteiger partial charge is 0.342 e. The molecule has 1 atom stereocenters. The summed E-state index contributed by atoms with van der Waals surface area (Å²) in [6.45, 7) is 1.62. The molecule has 0 bridgehead atoms. The van der Waals surface area contributed by atoms with Gasteiger partial charge in [-0.05, 0) is 31.4 Å². The molecule has 116 valence electrons. The molecule has 0 aliphatic carbocycles. The molecule has 1 unspecified atom stereocenters. The van der Waals surface area contributed by atoms with Crippen molar-refractivity contribution in [3.63, 3.8) is 0 Å². The molecule has 1 aliphatic heterocycles. The van der Waals surface area contributed by atoms with Crippen molar-refractivity contribution in [3.8, 4) is 0 Å². The van der Waals surface area contributed by atoms with Crippen LogP contribution in [0.2, 0.25) is 0 Å². The Morgan fingerprint density at radius 2 is 2.27 bits per heavy atom. The molecule has 1 amide bonds. The molecule has 0 radical (unpaired) electrons. The Labute approximate surface area is 130 Å². The van der Waals surface area contributed by atoms with E-state index in [1.54, 1.807) is 18.7 Å². The molecule has 6 nitrogen and oxygen atoms in total. The number of piperidine rings is 1. The van der Waals surface area contributed by atoms with Gasteiger partial charge in [-0.15, -0.1) is 0 Å². The zero-order chi connectivity index (χ0) is 15.4. The third-order valence-electron chi connectivity index (χ3n) is 4.31. The normalized spacial score (nSPS) is 18.4. The number of aromatic nitrogens is 4. The van der Waals surface area contributed by atoms with Crippen molar-refractivity contribution in [3.05, 3.63) is 42.2 Å². The molecule has 0 spiro atoms. The second-order valence-electron chi connectivity index (χ2n) is 5.76. The summed E-state index contributed by atoms with van der Waals surface area (Å²) in [5.74, 6) is 0.553. The predicted molar refractivity (Wildman–Crippen MR) is 82.1 cm³/mol. The van der Waals surface area contributed by atoms with Crippen molar-refractivity contribution in [2.45, 2.75) is 31.6 Å². The number of aryl methyl sites for hydroxylation is 2. The molecule has 1 aliphatic rings. The second kappa shape index (κ2) is 6.68. The minimum Gasteiger partial charge on any atom is -0.342 e. The summed E-state index contributed by atoms with van der Waals surface area (Å²) in [6, 6.07) is 3.92. The third kappa shape index (κ3) is 3.32. The van der Waals surface area contributed by atoms with Crippen molar-refractivity contribution in [2.75, 3.05) is 13.1 Å². The summed E-state index contributed by atoms with van der Waals surface area (Å²) in [7, 11) is 1.91. The lowest BCUT2D eigenvalue weighted by Gasteiger charge is -2.32. The lowest BCUT2D eigenvalue weighted by atomic mass is 9.94. The third-order valence-corrected chi connectivity index (χ3v) is 4.31. The van der Waals surface area contributed by atoms with Gasteiger partial charge in [-0.1, -0.05) is 0 Å². The van der Waals surface area contributed by atoms with Gasteiger partial charge >= 0.3 is 0 Å². The minimum atomic E-state index is 0.222. The van der Waals surface area contributed by atoms with Crippen LogP contribution in [0.5, 0.6) is 0 Å². The first-order chi connectivity index (χ1) is 10.7. The highest BCUT2D eigenvalue weighted by Gasteiger charge is 2.25. The fourth-order valence-corrected chi connectivity index (χ4v) is 3.03. The van der Waals surface area contributed by atoms with Crippen molar-refractivity contribution >= 4 is 5.91 Å². The van der Waals surface area contributed by atoms with Crippen molar-refractivity contribution < 1.29 is 4.79 Å².